The van der Waals surface area contributed by atoms with E-state index in [1.54, 1.807) is 0 Å². The van der Waals surface area contributed by atoms with E-state index >= 15 is 0 Å². The minimum Gasteiger partial charge on any atom is -0.388 e. The number of aromatic amines is 1. The monoisotopic (exact) mass is 260 g/mol. The zero-order chi connectivity index (χ0) is 12.4. The molecule has 6 nitrogen and oxygen atoms in total. The van der Waals surface area contributed by atoms with Crippen LogP contribution < -0.4 is 4.72 Å². The molecule has 3 N–H and O–H groups in total. The number of hydrogen-bond donors (Lipinski definition) is 3. The first kappa shape index (κ1) is 12.6. The quantitative estimate of drug-likeness (QED) is 0.701. The predicted molar refractivity (Wildman–Crippen MR) is 61.0 cm³/mol. The normalized spacial score (nSPS) is 20.3. The lowest BCUT2D eigenvalue weighted by Gasteiger charge is -2.31. The van der Waals surface area contributed by atoms with E-state index in [-0.39, 0.29) is 11.4 Å². The summed E-state index contributed by atoms with van der Waals surface area (Å²) >= 11 is 0. The van der Waals surface area contributed by atoms with E-state index in [0.29, 0.717) is 26.1 Å². The summed E-state index contributed by atoms with van der Waals surface area (Å²) in [6.45, 7) is 0.939. The third-order valence-corrected chi connectivity index (χ3v) is 4.29. The molecule has 0 radical (unpaired) electrons. The summed E-state index contributed by atoms with van der Waals surface area (Å²) in [5.41, 5.74) is -0.998. The fourth-order valence-corrected chi connectivity index (χ4v) is 2.81. The van der Waals surface area contributed by atoms with Crippen molar-refractivity contribution < 1.29 is 18.3 Å². The lowest BCUT2D eigenvalue weighted by molar-refractivity contribution is -0.0588. The zero-order valence-electron chi connectivity index (χ0n) is 9.35. The summed E-state index contributed by atoms with van der Waals surface area (Å²) in [6.07, 6.45) is 3.83. The van der Waals surface area contributed by atoms with E-state index in [1.165, 1.54) is 18.5 Å². The molecule has 0 atom stereocenters. The van der Waals surface area contributed by atoms with Crippen molar-refractivity contribution in [3.63, 3.8) is 0 Å². The van der Waals surface area contributed by atoms with E-state index in [4.69, 9.17) is 4.74 Å². The fraction of sp³-hybridized carbons (Fsp3) is 0.600. The summed E-state index contributed by atoms with van der Waals surface area (Å²) in [7, 11) is -3.54. The summed E-state index contributed by atoms with van der Waals surface area (Å²) in [5.74, 6) is 0. The highest BCUT2D eigenvalue weighted by Gasteiger charge is 2.31. The van der Waals surface area contributed by atoms with Gasteiger partial charge < -0.3 is 14.8 Å². The van der Waals surface area contributed by atoms with Crippen molar-refractivity contribution in [3.05, 3.63) is 18.5 Å². The first-order valence-corrected chi connectivity index (χ1v) is 6.93. The van der Waals surface area contributed by atoms with Crippen LogP contribution in [0.1, 0.15) is 12.8 Å². The van der Waals surface area contributed by atoms with Crippen molar-refractivity contribution in [2.75, 3.05) is 19.8 Å². The van der Waals surface area contributed by atoms with Gasteiger partial charge in [0.1, 0.15) is 0 Å². The van der Waals surface area contributed by atoms with Crippen molar-refractivity contribution in [3.8, 4) is 0 Å². The highest BCUT2D eigenvalue weighted by Crippen LogP contribution is 2.20. The molecule has 0 bridgehead atoms. The van der Waals surface area contributed by atoms with Gasteiger partial charge in [-0.3, -0.25) is 0 Å². The molecule has 1 fully saturated rings. The molecule has 0 saturated carbocycles. The predicted octanol–water partition coefficient (Wildman–Crippen LogP) is -0.166. The Labute approximate surface area is 100 Å². The van der Waals surface area contributed by atoms with Gasteiger partial charge in [-0.15, -0.1) is 0 Å². The molecule has 1 saturated heterocycles. The molecule has 2 heterocycles. The van der Waals surface area contributed by atoms with Crippen LogP contribution in [0.3, 0.4) is 0 Å². The molecule has 0 aliphatic carbocycles. The maximum absolute atomic E-state index is 11.8. The molecule has 1 aromatic heterocycles. The van der Waals surface area contributed by atoms with Crippen molar-refractivity contribution in [1.82, 2.24) is 9.71 Å². The number of aliphatic hydroxyl groups is 1. The Kier molecular flexibility index (Phi) is 3.53. The lowest BCUT2D eigenvalue weighted by atomic mass is 9.95. The average molecular weight is 260 g/mol. The van der Waals surface area contributed by atoms with E-state index in [1.807, 2.05) is 0 Å². The van der Waals surface area contributed by atoms with E-state index in [9.17, 15) is 13.5 Å². The second-order valence-corrected chi connectivity index (χ2v) is 5.97. The minimum atomic E-state index is -3.54. The van der Waals surface area contributed by atoms with Crippen LogP contribution in [0, 0.1) is 0 Å². The van der Waals surface area contributed by atoms with Crippen molar-refractivity contribution in [2.45, 2.75) is 23.3 Å². The zero-order valence-corrected chi connectivity index (χ0v) is 10.2. The largest absolute Gasteiger partial charge is 0.388 e. The van der Waals surface area contributed by atoms with E-state index in [2.05, 4.69) is 9.71 Å². The molecule has 7 heteroatoms. The Bertz CT molecular complexity index is 449. The number of hydrogen-bond acceptors (Lipinski definition) is 4. The smallest absolute Gasteiger partial charge is 0.242 e. The third-order valence-electron chi connectivity index (χ3n) is 2.89. The van der Waals surface area contributed by atoms with Gasteiger partial charge in [-0.2, -0.15) is 0 Å². The minimum absolute atomic E-state index is 0.0177. The molecular formula is C10H16N2O4S. The second-order valence-electron chi connectivity index (χ2n) is 4.21. The topological polar surface area (TPSA) is 91.4 Å². The molecule has 0 spiro atoms. The number of rotatable bonds is 4. The van der Waals surface area contributed by atoms with Crippen molar-refractivity contribution >= 4 is 10.0 Å². The molecule has 1 aliphatic rings. The molecule has 1 aliphatic heterocycles. The third kappa shape index (κ3) is 3.06. The summed E-state index contributed by atoms with van der Waals surface area (Å²) in [4.78, 5) is 2.86. The van der Waals surface area contributed by atoms with Crippen molar-refractivity contribution in [1.29, 1.82) is 0 Å². The van der Waals surface area contributed by atoms with Gasteiger partial charge in [0.25, 0.3) is 0 Å². The number of aromatic nitrogens is 1. The van der Waals surface area contributed by atoms with Crippen LogP contribution >= 0.6 is 0 Å². The van der Waals surface area contributed by atoms with E-state index in [0.717, 1.165) is 0 Å². The van der Waals surface area contributed by atoms with Crippen LogP contribution in [0.2, 0.25) is 0 Å². The van der Waals surface area contributed by atoms with Crippen LogP contribution in [-0.2, 0) is 14.8 Å². The standard InChI is InChI=1S/C10H16N2O4S/c13-10(2-5-16-6-3-10)8-12-17(14,15)9-1-4-11-7-9/h1,4,7,11-13H,2-3,5-6,8H2. The first-order valence-electron chi connectivity index (χ1n) is 5.44. The highest BCUT2D eigenvalue weighted by molar-refractivity contribution is 7.89. The number of nitrogens with one attached hydrogen (secondary N) is 2. The Morgan fingerprint density at radius 1 is 1.47 bits per heavy atom. The molecule has 0 unspecified atom stereocenters. The van der Waals surface area contributed by atoms with Gasteiger partial charge in [-0.25, -0.2) is 13.1 Å². The molecule has 0 aromatic carbocycles. The lowest BCUT2D eigenvalue weighted by Crippen LogP contribution is -2.46. The van der Waals surface area contributed by atoms with Gasteiger partial charge >= 0.3 is 0 Å². The van der Waals surface area contributed by atoms with Gasteiger partial charge in [-0.05, 0) is 6.07 Å². The van der Waals surface area contributed by atoms with Gasteiger partial charge in [0.15, 0.2) is 0 Å². The Balaban J connectivity index is 1.98. The summed E-state index contributed by atoms with van der Waals surface area (Å²) in [6, 6.07) is 1.47. The van der Waals surface area contributed by atoms with Gasteiger partial charge in [0, 0.05) is 45.0 Å². The maximum atomic E-state index is 11.8. The van der Waals surface area contributed by atoms with E-state index < -0.39 is 15.6 Å². The average Bonchev–Trinajstić information content (AvgIpc) is 2.82. The molecule has 0 amide bonds. The van der Waals surface area contributed by atoms with Crippen LogP contribution in [-0.4, -0.2) is 43.9 Å². The van der Waals surface area contributed by atoms with Crippen LogP contribution in [0.4, 0.5) is 0 Å². The van der Waals surface area contributed by atoms with Crippen LogP contribution in [0.5, 0.6) is 0 Å². The van der Waals surface area contributed by atoms with Gasteiger partial charge in [0.05, 0.1) is 10.5 Å². The Hall–Kier alpha value is -0.890. The molecule has 96 valence electrons. The molecule has 17 heavy (non-hydrogen) atoms. The maximum Gasteiger partial charge on any atom is 0.242 e. The van der Waals surface area contributed by atoms with Gasteiger partial charge in [0.2, 0.25) is 10.0 Å². The highest BCUT2D eigenvalue weighted by atomic mass is 32.2. The Morgan fingerprint density at radius 2 is 2.18 bits per heavy atom. The Morgan fingerprint density at radius 3 is 2.76 bits per heavy atom. The molecule has 2 rings (SSSR count). The first-order chi connectivity index (χ1) is 8.02. The number of ether oxygens (including phenoxy) is 1. The second kappa shape index (κ2) is 4.77. The van der Waals surface area contributed by atoms with Crippen LogP contribution in [0.15, 0.2) is 23.4 Å². The molecule has 1 aromatic rings. The molecular weight excluding hydrogens is 244 g/mol. The van der Waals surface area contributed by atoms with Crippen molar-refractivity contribution in [2.24, 2.45) is 0 Å². The summed E-state index contributed by atoms with van der Waals surface area (Å²) in [5, 5.41) is 10.1. The summed E-state index contributed by atoms with van der Waals surface area (Å²) < 4.78 is 31.2. The number of sulfonamides is 1. The van der Waals surface area contributed by atoms with Gasteiger partial charge in [-0.1, -0.05) is 0 Å². The number of H-pyrrole nitrogens is 1. The van der Waals surface area contributed by atoms with Crippen LogP contribution in [0.25, 0.3) is 0 Å². The fourth-order valence-electron chi connectivity index (χ4n) is 1.72. The SMILES string of the molecule is O=S(=O)(NCC1(O)CCOCC1)c1cc[nH]c1.